The first-order valence-corrected chi connectivity index (χ1v) is 6.17. The number of aliphatic hydroxyl groups excluding tert-OH is 1. The van der Waals surface area contributed by atoms with Gasteiger partial charge >= 0.3 is 0 Å². The smallest absolute Gasteiger partial charge is 0.105 e. The molecule has 0 saturated heterocycles. The first-order chi connectivity index (χ1) is 8.59. The van der Waals surface area contributed by atoms with Gasteiger partial charge in [0.1, 0.15) is 6.10 Å². The van der Waals surface area contributed by atoms with Crippen molar-refractivity contribution in [1.82, 2.24) is 0 Å². The summed E-state index contributed by atoms with van der Waals surface area (Å²) >= 11 is 6.08. The van der Waals surface area contributed by atoms with Crippen molar-refractivity contribution in [3.63, 3.8) is 0 Å². The predicted molar refractivity (Wildman–Crippen MR) is 76.3 cm³/mol. The summed E-state index contributed by atoms with van der Waals surface area (Å²) in [6.45, 7) is 0. The maximum absolute atomic E-state index is 10.3. The van der Waals surface area contributed by atoms with E-state index in [-0.39, 0.29) is 0 Å². The molecule has 0 spiro atoms. The molecule has 1 N–H and O–H groups in total. The second kappa shape index (κ2) is 5.42. The van der Waals surface area contributed by atoms with E-state index in [0.717, 1.165) is 16.8 Å². The largest absolute Gasteiger partial charge is 0.384 e. The third-order valence-corrected chi connectivity index (χ3v) is 3.27. The van der Waals surface area contributed by atoms with Gasteiger partial charge in [-0.2, -0.15) is 0 Å². The van der Waals surface area contributed by atoms with Crippen molar-refractivity contribution in [2.24, 2.45) is 0 Å². The molecular weight excluding hydrogens is 246 g/mol. The number of hydrogen-bond donors (Lipinski definition) is 1. The van der Waals surface area contributed by atoms with Crippen LogP contribution >= 0.6 is 11.6 Å². The molecule has 0 fully saturated rings. The van der Waals surface area contributed by atoms with Gasteiger partial charge in [-0.05, 0) is 23.8 Å². The average molecular weight is 262 g/mol. The molecule has 2 aromatic carbocycles. The Morgan fingerprint density at radius 1 is 1.00 bits per heavy atom. The molecule has 1 unspecified atom stereocenters. The van der Waals surface area contributed by atoms with E-state index in [2.05, 4.69) is 0 Å². The fraction of sp³-hybridized carbons (Fsp3) is 0.200. The van der Waals surface area contributed by atoms with E-state index in [1.807, 2.05) is 61.5 Å². The molecule has 0 aromatic heterocycles. The Kier molecular flexibility index (Phi) is 3.90. The summed E-state index contributed by atoms with van der Waals surface area (Å²) < 4.78 is 0. The Morgan fingerprint density at radius 3 is 2.17 bits per heavy atom. The van der Waals surface area contributed by atoms with Crippen LogP contribution in [0.2, 0.25) is 5.02 Å². The van der Waals surface area contributed by atoms with Crippen molar-refractivity contribution < 1.29 is 5.11 Å². The monoisotopic (exact) mass is 261 g/mol. The summed E-state index contributed by atoms with van der Waals surface area (Å²) in [6.07, 6.45) is -0.685. The summed E-state index contributed by atoms with van der Waals surface area (Å²) in [5.74, 6) is 0. The maximum Gasteiger partial charge on any atom is 0.105 e. The van der Waals surface area contributed by atoms with Crippen LogP contribution in [-0.2, 0) is 0 Å². The summed E-state index contributed by atoms with van der Waals surface area (Å²) in [6, 6.07) is 15.2. The highest BCUT2D eigenvalue weighted by Crippen LogP contribution is 2.28. The lowest BCUT2D eigenvalue weighted by Gasteiger charge is -2.16. The van der Waals surface area contributed by atoms with Gasteiger partial charge in [0.15, 0.2) is 0 Å². The standard InChI is InChI=1S/C15H16ClNO/c1-17(2)12-9-7-11(8-10-12)15(18)13-5-3-4-6-14(13)16/h3-10,15,18H,1-2H3. The van der Waals surface area contributed by atoms with Crippen LogP contribution in [0.25, 0.3) is 0 Å². The Morgan fingerprint density at radius 2 is 1.61 bits per heavy atom. The molecule has 2 rings (SSSR count). The van der Waals surface area contributed by atoms with Crippen LogP contribution < -0.4 is 4.90 Å². The van der Waals surface area contributed by atoms with Crippen molar-refractivity contribution in [2.75, 3.05) is 19.0 Å². The zero-order valence-electron chi connectivity index (χ0n) is 10.5. The summed E-state index contributed by atoms with van der Waals surface area (Å²) in [5.41, 5.74) is 2.68. The van der Waals surface area contributed by atoms with Crippen molar-refractivity contribution in [2.45, 2.75) is 6.10 Å². The topological polar surface area (TPSA) is 23.5 Å². The number of halogens is 1. The molecule has 3 heteroatoms. The van der Waals surface area contributed by atoms with Gasteiger partial charge < -0.3 is 10.0 Å². The van der Waals surface area contributed by atoms with Gasteiger partial charge in [0.25, 0.3) is 0 Å². The SMILES string of the molecule is CN(C)c1ccc(C(O)c2ccccc2Cl)cc1. The molecule has 0 saturated carbocycles. The number of anilines is 1. The quantitative estimate of drug-likeness (QED) is 0.914. The number of hydrogen-bond acceptors (Lipinski definition) is 2. The van der Waals surface area contributed by atoms with Crippen LogP contribution in [0.15, 0.2) is 48.5 Å². The first-order valence-electron chi connectivity index (χ1n) is 5.79. The number of nitrogens with zero attached hydrogens (tertiary/aromatic N) is 1. The van der Waals surface area contributed by atoms with Gasteiger partial charge in [0.05, 0.1) is 0 Å². The Labute approximate surface area is 112 Å². The fourth-order valence-corrected chi connectivity index (χ4v) is 2.07. The van der Waals surface area contributed by atoms with Crippen molar-refractivity contribution in [3.05, 3.63) is 64.7 Å². The number of aliphatic hydroxyl groups is 1. The van der Waals surface area contributed by atoms with E-state index < -0.39 is 6.10 Å². The van der Waals surface area contributed by atoms with E-state index in [1.54, 1.807) is 6.07 Å². The van der Waals surface area contributed by atoms with E-state index in [9.17, 15) is 5.11 Å². The molecular formula is C15H16ClNO. The predicted octanol–water partition coefficient (Wildman–Crippen LogP) is 3.49. The molecule has 1 atom stereocenters. The Bertz CT molecular complexity index is 522. The summed E-state index contributed by atoms with van der Waals surface area (Å²) in [7, 11) is 3.97. The molecule has 0 aliphatic rings. The first kappa shape index (κ1) is 12.9. The second-order valence-corrected chi connectivity index (χ2v) is 4.82. The molecule has 0 radical (unpaired) electrons. The van der Waals surface area contributed by atoms with Crippen molar-refractivity contribution in [1.29, 1.82) is 0 Å². The van der Waals surface area contributed by atoms with Crippen LogP contribution in [0.1, 0.15) is 17.2 Å². The highest BCUT2D eigenvalue weighted by Gasteiger charge is 2.13. The number of benzene rings is 2. The lowest BCUT2D eigenvalue weighted by Crippen LogP contribution is -2.08. The molecule has 94 valence electrons. The molecule has 18 heavy (non-hydrogen) atoms. The van der Waals surface area contributed by atoms with Crippen LogP contribution in [0.4, 0.5) is 5.69 Å². The lowest BCUT2D eigenvalue weighted by molar-refractivity contribution is 0.220. The highest BCUT2D eigenvalue weighted by molar-refractivity contribution is 6.31. The zero-order chi connectivity index (χ0) is 13.1. The van der Waals surface area contributed by atoms with Gasteiger partial charge in [-0.15, -0.1) is 0 Å². The van der Waals surface area contributed by atoms with Gasteiger partial charge in [-0.25, -0.2) is 0 Å². The molecule has 0 heterocycles. The summed E-state index contributed by atoms with van der Waals surface area (Å²) in [4.78, 5) is 2.02. The molecule has 0 amide bonds. The van der Waals surface area contributed by atoms with Crippen LogP contribution in [0.3, 0.4) is 0 Å². The van der Waals surface area contributed by atoms with Gasteiger partial charge in [0.2, 0.25) is 0 Å². The van der Waals surface area contributed by atoms with E-state index in [1.165, 1.54) is 0 Å². The number of rotatable bonds is 3. The molecule has 2 aromatic rings. The maximum atomic E-state index is 10.3. The van der Waals surface area contributed by atoms with E-state index in [4.69, 9.17) is 11.6 Å². The third kappa shape index (κ3) is 2.66. The zero-order valence-corrected chi connectivity index (χ0v) is 11.2. The van der Waals surface area contributed by atoms with Crippen LogP contribution in [-0.4, -0.2) is 19.2 Å². The molecule has 0 aliphatic heterocycles. The minimum atomic E-state index is -0.685. The van der Waals surface area contributed by atoms with E-state index >= 15 is 0 Å². The minimum absolute atomic E-state index is 0.585. The Balaban J connectivity index is 2.29. The summed E-state index contributed by atoms with van der Waals surface area (Å²) in [5, 5.41) is 10.9. The van der Waals surface area contributed by atoms with Crippen LogP contribution in [0, 0.1) is 0 Å². The average Bonchev–Trinajstić information content (AvgIpc) is 2.38. The van der Waals surface area contributed by atoms with Gasteiger partial charge in [-0.1, -0.05) is 41.9 Å². The fourth-order valence-electron chi connectivity index (χ4n) is 1.83. The van der Waals surface area contributed by atoms with Crippen LogP contribution in [0.5, 0.6) is 0 Å². The molecule has 0 aliphatic carbocycles. The molecule has 2 nitrogen and oxygen atoms in total. The van der Waals surface area contributed by atoms with Crippen molar-refractivity contribution in [3.8, 4) is 0 Å². The van der Waals surface area contributed by atoms with Gasteiger partial charge in [0, 0.05) is 30.4 Å². The highest BCUT2D eigenvalue weighted by atomic mass is 35.5. The lowest BCUT2D eigenvalue weighted by atomic mass is 10.0. The third-order valence-electron chi connectivity index (χ3n) is 2.93. The second-order valence-electron chi connectivity index (χ2n) is 4.41. The normalized spacial score (nSPS) is 12.2. The van der Waals surface area contributed by atoms with E-state index in [0.29, 0.717) is 5.02 Å². The minimum Gasteiger partial charge on any atom is -0.384 e. The van der Waals surface area contributed by atoms with Crippen molar-refractivity contribution >= 4 is 17.3 Å². The Hall–Kier alpha value is -1.51. The van der Waals surface area contributed by atoms with Gasteiger partial charge in [-0.3, -0.25) is 0 Å². The molecule has 0 bridgehead atoms.